The Kier molecular flexibility index (Phi) is 5.61. The van der Waals surface area contributed by atoms with E-state index in [0.29, 0.717) is 12.5 Å². The Hall–Kier alpha value is -1.11. The molecular weight excluding hydrogens is 290 g/mol. The van der Waals surface area contributed by atoms with Gasteiger partial charge in [0.2, 0.25) is 0 Å². The van der Waals surface area contributed by atoms with Crippen LogP contribution in [-0.4, -0.2) is 64.0 Å². The fourth-order valence-electron chi connectivity index (χ4n) is 2.40. The first kappa shape index (κ1) is 16.3. The number of fused-ring (bicyclic) bond motifs is 1. The molecule has 2 heterocycles. The maximum Gasteiger partial charge on any atom is 0.158 e. The number of aromatic nitrogens is 4. The molecule has 21 heavy (non-hydrogen) atoms. The SMILES string of the molecule is Cc1nn(C)c2c1nc(CCCl)n2CCOCCN(C)C. The predicted octanol–water partition coefficient (Wildman–Crippen LogP) is 1.44. The number of ether oxygens (including phenoxy) is 1. The molecule has 0 radical (unpaired) electrons. The molecule has 0 unspecified atom stereocenters. The zero-order valence-corrected chi connectivity index (χ0v) is 14.0. The summed E-state index contributed by atoms with van der Waals surface area (Å²) in [6, 6.07) is 0. The first-order valence-electron chi connectivity index (χ1n) is 7.21. The molecular formula is C14H24ClN5O. The molecule has 0 saturated heterocycles. The summed E-state index contributed by atoms with van der Waals surface area (Å²) < 4.78 is 9.75. The standard InChI is InChI=1S/C14H24ClN5O/c1-11-13-14(19(4)17-11)20(12(16-13)5-6-15)8-10-21-9-7-18(2)3/h5-10H2,1-4H3. The number of likely N-dealkylation sites (N-methyl/N-ethyl adjacent to an activating group) is 1. The predicted molar refractivity (Wildman–Crippen MR) is 85.0 cm³/mol. The van der Waals surface area contributed by atoms with E-state index in [0.717, 1.165) is 48.8 Å². The van der Waals surface area contributed by atoms with E-state index in [4.69, 9.17) is 16.3 Å². The summed E-state index contributed by atoms with van der Waals surface area (Å²) in [5, 5.41) is 4.43. The highest BCUT2D eigenvalue weighted by Crippen LogP contribution is 2.19. The zero-order chi connectivity index (χ0) is 15.4. The molecule has 2 rings (SSSR count). The average molecular weight is 314 g/mol. The minimum Gasteiger partial charge on any atom is -0.378 e. The van der Waals surface area contributed by atoms with Gasteiger partial charge in [0.05, 0.1) is 18.9 Å². The molecule has 0 N–H and O–H groups in total. The van der Waals surface area contributed by atoms with Crippen LogP contribution in [0.2, 0.25) is 0 Å². The summed E-state index contributed by atoms with van der Waals surface area (Å²) in [5.74, 6) is 1.57. The van der Waals surface area contributed by atoms with Crippen LogP contribution in [0.5, 0.6) is 0 Å². The van der Waals surface area contributed by atoms with Crippen molar-refractivity contribution in [2.75, 3.05) is 39.7 Å². The molecule has 7 heteroatoms. The van der Waals surface area contributed by atoms with Crippen LogP contribution in [0.3, 0.4) is 0 Å². The molecule has 6 nitrogen and oxygen atoms in total. The van der Waals surface area contributed by atoms with Crippen LogP contribution in [-0.2, 0) is 24.8 Å². The maximum absolute atomic E-state index is 5.89. The van der Waals surface area contributed by atoms with E-state index >= 15 is 0 Å². The third-order valence-electron chi connectivity index (χ3n) is 3.43. The molecule has 2 aromatic rings. The Morgan fingerprint density at radius 1 is 1.29 bits per heavy atom. The van der Waals surface area contributed by atoms with Gasteiger partial charge in [-0.05, 0) is 21.0 Å². The lowest BCUT2D eigenvalue weighted by Gasteiger charge is -2.12. The van der Waals surface area contributed by atoms with Crippen LogP contribution < -0.4 is 0 Å². The Morgan fingerprint density at radius 3 is 2.71 bits per heavy atom. The van der Waals surface area contributed by atoms with Gasteiger partial charge in [0.15, 0.2) is 5.65 Å². The molecule has 0 atom stereocenters. The zero-order valence-electron chi connectivity index (χ0n) is 13.3. The highest BCUT2D eigenvalue weighted by molar-refractivity contribution is 6.17. The van der Waals surface area contributed by atoms with Crippen molar-refractivity contribution < 1.29 is 4.74 Å². The molecule has 0 spiro atoms. The van der Waals surface area contributed by atoms with Crippen LogP contribution in [0.15, 0.2) is 0 Å². The molecule has 0 saturated carbocycles. The fraction of sp³-hybridized carbons (Fsp3) is 0.714. The van der Waals surface area contributed by atoms with Crippen LogP contribution in [0.4, 0.5) is 0 Å². The van der Waals surface area contributed by atoms with Gasteiger partial charge in [-0.3, -0.25) is 4.68 Å². The van der Waals surface area contributed by atoms with Crippen molar-refractivity contribution in [2.24, 2.45) is 7.05 Å². The highest BCUT2D eigenvalue weighted by Gasteiger charge is 2.16. The molecule has 0 fully saturated rings. The minimum atomic E-state index is 0.567. The van der Waals surface area contributed by atoms with E-state index in [1.54, 1.807) is 0 Å². The van der Waals surface area contributed by atoms with Crippen molar-refractivity contribution in [3.8, 4) is 0 Å². The third kappa shape index (κ3) is 3.75. The number of hydrogen-bond acceptors (Lipinski definition) is 4. The molecule has 0 aliphatic rings. The van der Waals surface area contributed by atoms with Crippen LogP contribution in [0.1, 0.15) is 11.5 Å². The minimum absolute atomic E-state index is 0.567. The molecule has 2 aromatic heterocycles. The van der Waals surface area contributed by atoms with Crippen LogP contribution in [0, 0.1) is 6.92 Å². The normalized spacial score (nSPS) is 11.9. The van der Waals surface area contributed by atoms with E-state index in [1.807, 2.05) is 32.7 Å². The number of hydrogen-bond donors (Lipinski definition) is 0. The van der Waals surface area contributed by atoms with Crippen molar-refractivity contribution in [2.45, 2.75) is 19.9 Å². The van der Waals surface area contributed by atoms with Gasteiger partial charge in [-0.25, -0.2) is 4.98 Å². The number of alkyl halides is 1. The van der Waals surface area contributed by atoms with E-state index in [2.05, 4.69) is 19.5 Å². The average Bonchev–Trinajstić information content (AvgIpc) is 2.89. The van der Waals surface area contributed by atoms with Gasteiger partial charge in [0.25, 0.3) is 0 Å². The van der Waals surface area contributed by atoms with Gasteiger partial charge in [0.1, 0.15) is 11.3 Å². The lowest BCUT2D eigenvalue weighted by atomic mass is 10.4. The summed E-state index contributed by atoms with van der Waals surface area (Å²) in [6.07, 6.45) is 0.757. The smallest absolute Gasteiger partial charge is 0.158 e. The Balaban J connectivity index is 2.10. The van der Waals surface area contributed by atoms with E-state index in [1.165, 1.54) is 0 Å². The molecule has 0 aromatic carbocycles. The second-order valence-corrected chi connectivity index (χ2v) is 5.79. The summed E-state index contributed by atoms with van der Waals surface area (Å²) >= 11 is 5.89. The monoisotopic (exact) mass is 313 g/mol. The summed E-state index contributed by atoms with van der Waals surface area (Å²) in [4.78, 5) is 6.79. The topological polar surface area (TPSA) is 48.1 Å². The largest absolute Gasteiger partial charge is 0.378 e. The molecule has 0 amide bonds. The van der Waals surface area contributed by atoms with Gasteiger partial charge in [-0.15, -0.1) is 11.6 Å². The highest BCUT2D eigenvalue weighted by atomic mass is 35.5. The molecule has 0 bridgehead atoms. The second kappa shape index (κ2) is 7.24. The maximum atomic E-state index is 5.89. The lowest BCUT2D eigenvalue weighted by molar-refractivity contribution is 0.111. The van der Waals surface area contributed by atoms with E-state index in [-0.39, 0.29) is 0 Å². The van der Waals surface area contributed by atoms with Crippen molar-refractivity contribution in [3.63, 3.8) is 0 Å². The third-order valence-corrected chi connectivity index (χ3v) is 3.62. The Labute approximate surface area is 130 Å². The van der Waals surface area contributed by atoms with E-state index in [9.17, 15) is 0 Å². The van der Waals surface area contributed by atoms with Crippen molar-refractivity contribution in [1.29, 1.82) is 0 Å². The van der Waals surface area contributed by atoms with Gasteiger partial charge in [-0.1, -0.05) is 0 Å². The summed E-state index contributed by atoms with van der Waals surface area (Å²) in [7, 11) is 6.03. The van der Waals surface area contributed by atoms with Crippen molar-refractivity contribution in [3.05, 3.63) is 11.5 Å². The van der Waals surface area contributed by atoms with E-state index < -0.39 is 0 Å². The van der Waals surface area contributed by atoms with Gasteiger partial charge < -0.3 is 14.2 Å². The van der Waals surface area contributed by atoms with Crippen LogP contribution >= 0.6 is 11.6 Å². The Bertz CT molecular complexity index is 590. The van der Waals surface area contributed by atoms with Gasteiger partial charge >= 0.3 is 0 Å². The summed E-state index contributed by atoms with van der Waals surface area (Å²) in [5.41, 5.74) is 2.96. The molecule has 0 aliphatic carbocycles. The first-order chi connectivity index (χ1) is 10.0. The fourth-order valence-corrected chi connectivity index (χ4v) is 2.56. The van der Waals surface area contributed by atoms with Gasteiger partial charge in [-0.2, -0.15) is 5.10 Å². The number of nitrogens with zero attached hydrogens (tertiary/aromatic N) is 5. The quantitative estimate of drug-likeness (QED) is 0.546. The number of aryl methyl sites for hydroxylation is 3. The first-order valence-corrected chi connectivity index (χ1v) is 7.75. The number of imidazole rings is 1. The van der Waals surface area contributed by atoms with Gasteiger partial charge in [0, 0.05) is 32.4 Å². The summed E-state index contributed by atoms with van der Waals surface area (Å²) in [6.45, 7) is 5.09. The molecule has 0 aliphatic heterocycles. The molecule has 118 valence electrons. The number of halogens is 1. The number of rotatable bonds is 8. The second-order valence-electron chi connectivity index (χ2n) is 5.42. The van der Waals surface area contributed by atoms with Crippen LogP contribution in [0.25, 0.3) is 11.2 Å². The lowest BCUT2D eigenvalue weighted by Crippen LogP contribution is -2.20. The Morgan fingerprint density at radius 2 is 2.05 bits per heavy atom. The van der Waals surface area contributed by atoms with Crippen molar-refractivity contribution >= 4 is 22.8 Å². The van der Waals surface area contributed by atoms with Crippen molar-refractivity contribution in [1.82, 2.24) is 24.2 Å².